The predicted octanol–water partition coefficient (Wildman–Crippen LogP) is 1.25. The maximum atomic E-state index is 12.3. The number of fused-ring (bicyclic) bond motifs is 8. The van der Waals surface area contributed by atoms with Crippen LogP contribution >= 0.6 is 11.6 Å². The van der Waals surface area contributed by atoms with Gasteiger partial charge in [-0.15, -0.1) is 0 Å². The van der Waals surface area contributed by atoms with Gasteiger partial charge in [-0.1, -0.05) is 23.7 Å². The van der Waals surface area contributed by atoms with Gasteiger partial charge >= 0.3 is 0 Å². The van der Waals surface area contributed by atoms with Gasteiger partial charge in [0.15, 0.2) is 0 Å². The highest BCUT2D eigenvalue weighted by Gasteiger charge is 2.24. The molecule has 3 heterocycles. The summed E-state index contributed by atoms with van der Waals surface area (Å²) in [5.74, 6) is 0. The largest absolute Gasteiger partial charge is 0.353 e. The molecule has 0 amide bonds. The highest BCUT2D eigenvalue weighted by Crippen LogP contribution is 2.36. The number of benzene rings is 2. The van der Waals surface area contributed by atoms with Gasteiger partial charge in [-0.05, 0) is 6.07 Å². The zero-order valence-corrected chi connectivity index (χ0v) is 12.5. The molecule has 0 aliphatic rings. The van der Waals surface area contributed by atoms with Crippen molar-refractivity contribution < 1.29 is 0 Å². The molecule has 0 aliphatic heterocycles. The summed E-state index contributed by atoms with van der Waals surface area (Å²) in [5, 5.41) is 1.43. The van der Waals surface area contributed by atoms with E-state index >= 15 is 0 Å². The average molecular weight is 340 g/mol. The van der Waals surface area contributed by atoms with Crippen molar-refractivity contribution in [1.82, 2.24) is 15.0 Å². The summed E-state index contributed by atoms with van der Waals surface area (Å²) in [6.07, 6.45) is 0. The lowest BCUT2D eigenvalue weighted by molar-refractivity contribution is 1.26. The smallest absolute Gasteiger partial charge is 0.261 e. The summed E-state index contributed by atoms with van der Waals surface area (Å²) in [5.41, 5.74) is -1.74. The molecular weight excluding hydrogens is 334 g/mol. The first-order chi connectivity index (χ1) is 11.5. The fourth-order valence-corrected chi connectivity index (χ4v) is 3.72. The van der Waals surface area contributed by atoms with Crippen LogP contribution in [0.1, 0.15) is 0 Å². The van der Waals surface area contributed by atoms with Crippen LogP contribution in [-0.2, 0) is 0 Å². The number of rotatable bonds is 0. The fourth-order valence-electron chi connectivity index (χ4n) is 3.49. The number of hydrogen-bond donors (Lipinski definition) is 3. The molecule has 116 valence electrons. The Kier molecular flexibility index (Phi) is 2.22. The Morgan fingerprint density at radius 2 is 1.17 bits per heavy atom. The van der Waals surface area contributed by atoms with E-state index in [-0.39, 0.29) is 21.5 Å². The Morgan fingerprint density at radius 1 is 0.625 bits per heavy atom. The minimum Gasteiger partial charge on any atom is -0.353 e. The molecule has 0 saturated heterocycles. The Balaban J connectivity index is 2.39. The minimum absolute atomic E-state index is 0.0610. The van der Waals surface area contributed by atoms with Crippen LogP contribution in [0.3, 0.4) is 0 Å². The molecule has 0 atom stereocenters. The van der Waals surface area contributed by atoms with Crippen molar-refractivity contribution >= 4 is 55.0 Å². The van der Waals surface area contributed by atoms with Gasteiger partial charge in [0.1, 0.15) is 0 Å². The number of H-pyrrole nitrogens is 3. The third-order valence-corrected chi connectivity index (χ3v) is 4.71. The molecule has 0 spiro atoms. The molecule has 3 N–H and O–H groups in total. The van der Waals surface area contributed by atoms with E-state index < -0.39 is 22.2 Å². The number of aromatic amines is 3. The Hall–Kier alpha value is -3.19. The van der Waals surface area contributed by atoms with Crippen molar-refractivity contribution in [3.05, 3.63) is 64.6 Å². The minimum atomic E-state index is -0.692. The standard InChI is InChI=1S/C16H6ClN3O4/c17-5-3-1-2-4-6-7-8(14(22)19-13(7)21)9-10(12(6)18-11(4)5)16(24)20-15(9)23/h1-3,18H,(H,19,21,22)(H,20,23,24). The van der Waals surface area contributed by atoms with E-state index in [4.69, 9.17) is 11.6 Å². The third kappa shape index (κ3) is 1.34. The maximum Gasteiger partial charge on any atom is 0.261 e. The molecule has 0 unspecified atom stereocenters. The summed E-state index contributed by atoms with van der Waals surface area (Å²) in [7, 11) is 0. The fraction of sp³-hybridized carbons (Fsp3) is 0. The molecule has 7 nitrogen and oxygen atoms in total. The van der Waals surface area contributed by atoms with Gasteiger partial charge < -0.3 is 4.98 Å². The van der Waals surface area contributed by atoms with E-state index in [1.807, 2.05) is 0 Å². The van der Waals surface area contributed by atoms with Gasteiger partial charge in [-0.3, -0.25) is 29.1 Å². The summed E-state index contributed by atoms with van der Waals surface area (Å²) < 4.78 is 0. The van der Waals surface area contributed by atoms with Gasteiger partial charge in [-0.25, -0.2) is 0 Å². The lowest BCUT2D eigenvalue weighted by atomic mass is 10.0. The van der Waals surface area contributed by atoms with Crippen LogP contribution in [0.5, 0.6) is 0 Å². The summed E-state index contributed by atoms with van der Waals surface area (Å²) in [6, 6.07) is 5.10. The van der Waals surface area contributed by atoms with E-state index in [1.54, 1.807) is 18.2 Å². The van der Waals surface area contributed by atoms with E-state index in [0.717, 1.165) is 0 Å². The number of hydrogen-bond acceptors (Lipinski definition) is 4. The molecule has 8 heteroatoms. The zero-order valence-electron chi connectivity index (χ0n) is 11.7. The predicted molar refractivity (Wildman–Crippen MR) is 92.0 cm³/mol. The second kappa shape index (κ2) is 4.01. The topological polar surface area (TPSA) is 116 Å². The molecule has 0 bridgehead atoms. The van der Waals surface area contributed by atoms with Crippen LogP contribution in [0, 0.1) is 0 Å². The molecule has 0 radical (unpaired) electrons. The normalized spacial score (nSPS) is 12.2. The SMILES string of the molecule is O=c1[nH]c(=O)c2c1c1[nH]c3c(Cl)cccc3c1c1c(=O)[nH]c(=O)c21. The van der Waals surface area contributed by atoms with E-state index in [0.29, 0.717) is 26.8 Å². The second-order valence-electron chi connectivity index (χ2n) is 5.60. The van der Waals surface area contributed by atoms with Gasteiger partial charge in [0.25, 0.3) is 22.2 Å². The van der Waals surface area contributed by atoms with Gasteiger partial charge in [0.05, 0.1) is 37.6 Å². The number of aromatic nitrogens is 3. The third-order valence-electron chi connectivity index (χ3n) is 4.40. The van der Waals surface area contributed by atoms with Crippen molar-refractivity contribution in [2.24, 2.45) is 0 Å². The Bertz CT molecular complexity index is 1540. The molecular formula is C16H6ClN3O4. The first-order valence-electron chi connectivity index (χ1n) is 7.00. The van der Waals surface area contributed by atoms with E-state index in [1.165, 1.54) is 0 Å². The molecule has 0 aliphatic carbocycles. The van der Waals surface area contributed by atoms with Crippen LogP contribution in [0.2, 0.25) is 5.02 Å². The van der Waals surface area contributed by atoms with Gasteiger partial charge in [-0.2, -0.15) is 0 Å². The van der Waals surface area contributed by atoms with Crippen LogP contribution in [0.25, 0.3) is 43.4 Å². The average Bonchev–Trinajstić information content (AvgIpc) is 3.13. The van der Waals surface area contributed by atoms with Crippen LogP contribution < -0.4 is 22.2 Å². The second-order valence-corrected chi connectivity index (χ2v) is 6.01. The molecule has 3 aromatic heterocycles. The lowest BCUT2D eigenvalue weighted by Crippen LogP contribution is -2.08. The molecule has 5 rings (SSSR count). The highest BCUT2D eigenvalue weighted by atomic mass is 35.5. The molecule has 0 saturated carbocycles. The summed E-state index contributed by atoms with van der Waals surface area (Å²) >= 11 is 6.19. The van der Waals surface area contributed by atoms with E-state index in [2.05, 4.69) is 15.0 Å². The molecule has 2 aromatic carbocycles. The first-order valence-corrected chi connectivity index (χ1v) is 7.38. The van der Waals surface area contributed by atoms with Gasteiger partial charge in [0.2, 0.25) is 0 Å². The van der Waals surface area contributed by atoms with Crippen LogP contribution in [0.15, 0.2) is 37.4 Å². The molecule has 24 heavy (non-hydrogen) atoms. The first kappa shape index (κ1) is 13.3. The highest BCUT2D eigenvalue weighted by molar-refractivity contribution is 6.38. The van der Waals surface area contributed by atoms with Crippen LogP contribution in [-0.4, -0.2) is 15.0 Å². The molecule has 5 aromatic rings. The number of halogens is 1. The van der Waals surface area contributed by atoms with Crippen molar-refractivity contribution in [2.75, 3.05) is 0 Å². The zero-order chi connectivity index (χ0) is 16.7. The lowest BCUT2D eigenvalue weighted by Gasteiger charge is -1.96. The number of para-hydroxylation sites is 1. The summed E-state index contributed by atoms with van der Waals surface area (Å²) in [6.45, 7) is 0. The van der Waals surface area contributed by atoms with Crippen molar-refractivity contribution in [3.63, 3.8) is 0 Å². The quantitative estimate of drug-likeness (QED) is 0.394. The Morgan fingerprint density at radius 3 is 1.83 bits per heavy atom. The monoisotopic (exact) mass is 339 g/mol. The summed E-state index contributed by atoms with van der Waals surface area (Å²) in [4.78, 5) is 56.3. The van der Waals surface area contributed by atoms with Gasteiger partial charge in [0, 0.05) is 10.8 Å². The van der Waals surface area contributed by atoms with Crippen molar-refractivity contribution in [2.45, 2.75) is 0 Å². The van der Waals surface area contributed by atoms with Crippen molar-refractivity contribution in [1.29, 1.82) is 0 Å². The van der Waals surface area contributed by atoms with Crippen molar-refractivity contribution in [3.8, 4) is 0 Å². The van der Waals surface area contributed by atoms with Crippen LogP contribution in [0.4, 0.5) is 0 Å². The number of nitrogens with one attached hydrogen (secondary N) is 3. The molecule has 0 fully saturated rings. The maximum absolute atomic E-state index is 12.3. The van der Waals surface area contributed by atoms with E-state index in [9.17, 15) is 19.2 Å². The Labute approximate surface area is 135 Å².